The van der Waals surface area contributed by atoms with Gasteiger partial charge in [0.05, 0.1) is 5.92 Å². The summed E-state index contributed by atoms with van der Waals surface area (Å²) in [6.45, 7) is 5.94. The second kappa shape index (κ2) is 7.44. The number of hydrogen-bond donors (Lipinski definition) is 1. The van der Waals surface area contributed by atoms with E-state index in [-0.39, 0.29) is 11.8 Å². The van der Waals surface area contributed by atoms with Crippen LogP contribution in [0.1, 0.15) is 24.3 Å². The van der Waals surface area contributed by atoms with E-state index in [2.05, 4.69) is 39.4 Å². The first-order valence-electron chi connectivity index (χ1n) is 9.60. The van der Waals surface area contributed by atoms with E-state index in [9.17, 15) is 4.79 Å². The maximum atomic E-state index is 12.8. The first kappa shape index (κ1) is 17.0. The van der Waals surface area contributed by atoms with E-state index in [4.69, 9.17) is 4.74 Å². The lowest BCUT2D eigenvalue weighted by molar-refractivity contribution is -0.126. The van der Waals surface area contributed by atoms with Gasteiger partial charge in [-0.25, -0.2) is 0 Å². The lowest BCUT2D eigenvalue weighted by atomic mass is 9.84. The van der Waals surface area contributed by atoms with Gasteiger partial charge in [-0.15, -0.1) is 0 Å². The minimum absolute atomic E-state index is 0.0371. The molecule has 3 aliphatic rings. The fourth-order valence-electron chi connectivity index (χ4n) is 4.99. The molecule has 3 fully saturated rings. The number of hydrogen-bond acceptors (Lipinski definition) is 4. The fraction of sp³-hybridized carbons (Fsp3) is 0.650. The van der Waals surface area contributed by atoms with E-state index < -0.39 is 0 Å². The number of ether oxygens (including phenoxy) is 1. The van der Waals surface area contributed by atoms with Crippen LogP contribution in [0.4, 0.5) is 0 Å². The molecule has 5 heteroatoms. The number of rotatable bonds is 3. The summed E-state index contributed by atoms with van der Waals surface area (Å²) in [5.41, 5.74) is 1.29. The highest BCUT2D eigenvalue weighted by atomic mass is 16.5. The molecule has 0 saturated carbocycles. The van der Waals surface area contributed by atoms with Gasteiger partial charge in [-0.2, -0.15) is 0 Å². The van der Waals surface area contributed by atoms with Gasteiger partial charge in [0, 0.05) is 64.4 Å². The minimum Gasteiger partial charge on any atom is -0.381 e. The Kier molecular flexibility index (Phi) is 5.06. The number of piperazine rings is 1. The molecule has 0 radical (unpaired) electrons. The number of benzene rings is 1. The SMILES string of the molecule is CNC(=O)[C@@H]1[C@@H](c2ccccc2)CN2CCN(C3CCOCC3)C[C@H]12. The molecule has 25 heavy (non-hydrogen) atoms. The number of fused-ring (bicyclic) bond motifs is 1. The molecule has 3 atom stereocenters. The Morgan fingerprint density at radius 2 is 1.80 bits per heavy atom. The normalized spacial score (nSPS) is 31.6. The van der Waals surface area contributed by atoms with Crippen molar-refractivity contribution >= 4 is 5.91 Å². The van der Waals surface area contributed by atoms with Crippen LogP contribution < -0.4 is 5.32 Å². The molecule has 0 aliphatic carbocycles. The van der Waals surface area contributed by atoms with Gasteiger partial charge in [0.1, 0.15) is 0 Å². The standard InChI is InChI=1S/C20H29N3O2/c1-21-20(24)19-17(15-5-3-2-4-6-15)13-23-10-9-22(14-18(19)23)16-7-11-25-12-8-16/h2-6,16-19H,7-14H2,1H3,(H,21,24)/t17-,18-,19-/m1/s1. The zero-order valence-corrected chi connectivity index (χ0v) is 15.1. The maximum absolute atomic E-state index is 12.8. The summed E-state index contributed by atoms with van der Waals surface area (Å²) >= 11 is 0. The number of nitrogens with one attached hydrogen (secondary N) is 1. The fourth-order valence-corrected chi connectivity index (χ4v) is 4.99. The van der Waals surface area contributed by atoms with Crippen LogP contribution in [0.5, 0.6) is 0 Å². The Morgan fingerprint density at radius 1 is 1.08 bits per heavy atom. The predicted molar refractivity (Wildman–Crippen MR) is 97.5 cm³/mol. The van der Waals surface area contributed by atoms with Gasteiger partial charge < -0.3 is 10.1 Å². The Morgan fingerprint density at radius 3 is 2.52 bits per heavy atom. The quantitative estimate of drug-likeness (QED) is 0.899. The molecule has 1 aromatic carbocycles. The molecule has 0 spiro atoms. The number of nitrogens with zero attached hydrogens (tertiary/aromatic N) is 2. The Balaban J connectivity index is 1.55. The lowest BCUT2D eigenvalue weighted by Crippen LogP contribution is -2.57. The van der Waals surface area contributed by atoms with Gasteiger partial charge >= 0.3 is 0 Å². The van der Waals surface area contributed by atoms with Gasteiger partial charge in [-0.05, 0) is 18.4 Å². The van der Waals surface area contributed by atoms with Gasteiger partial charge in [-0.1, -0.05) is 30.3 Å². The third kappa shape index (κ3) is 3.33. The summed E-state index contributed by atoms with van der Waals surface area (Å²) in [7, 11) is 1.77. The zero-order chi connectivity index (χ0) is 17.2. The van der Waals surface area contributed by atoms with Crippen molar-refractivity contribution in [3.63, 3.8) is 0 Å². The second-order valence-corrected chi connectivity index (χ2v) is 7.56. The Hall–Kier alpha value is -1.43. The van der Waals surface area contributed by atoms with Gasteiger partial charge in [-0.3, -0.25) is 14.6 Å². The summed E-state index contributed by atoms with van der Waals surface area (Å²) in [5.74, 6) is 0.519. The van der Waals surface area contributed by atoms with Crippen LogP contribution in [0.2, 0.25) is 0 Å². The molecule has 0 aromatic heterocycles. The van der Waals surface area contributed by atoms with E-state index in [0.29, 0.717) is 18.0 Å². The van der Waals surface area contributed by atoms with E-state index >= 15 is 0 Å². The molecule has 3 heterocycles. The number of amides is 1. The van der Waals surface area contributed by atoms with Crippen molar-refractivity contribution in [1.82, 2.24) is 15.1 Å². The van der Waals surface area contributed by atoms with Crippen LogP contribution in [-0.4, -0.2) is 74.2 Å². The van der Waals surface area contributed by atoms with Crippen LogP contribution in [-0.2, 0) is 9.53 Å². The van der Waals surface area contributed by atoms with Crippen LogP contribution >= 0.6 is 0 Å². The van der Waals surface area contributed by atoms with Crippen LogP contribution in [0, 0.1) is 5.92 Å². The molecular formula is C20H29N3O2. The molecule has 4 rings (SSSR count). The molecule has 1 aromatic rings. The summed E-state index contributed by atoms with van der Waals surface area (Å²) in [5, 5.41) is 2.93. The largest absolute Gasteiger partial charge is 0.381 e. The molecule has 5 nitrogen and oxygen atoms in total. The second-order valence-electron chi connectivity index (χ2n) is 7.56. The third-order valence-corrected chi connectivity index (χ3v) is 6.33. The summed E-state index contributed by atoms with van der Waals surface area (Å²) in [6.07, 6.45) is 2.25. The third-order valence-electron chi connectivity index (χ3n) is 6.33. The Bertz CT molecular complexity index is 588. The van der Waals surface area contributed by atoms with Gasteiger partial charge in [0.15, 0.2) is 0 Å². The average molecular weight is 343 g/mol. The molecule has 0 bridgehead atoms. The summed E-state index contributed by atoms with van der Waals surface area (Å²) < 4.78 is 5.53. The Labute approximate surface area is 150 Å². The van der Waals surface area contributed by atoms with E-state index in [1.165, 1.54) is 5.56 Å². The van der Waals surface area contributed by atoms with Crippen molar-refractivity contribution in [2.75, 3.05) is 46.4 Å². The molecule has 1 N–H and O–H groups in total. The zero-order valence-electron chi connectivity index (χ0n) is 15.1. The highest BCUT2D eigenvalue weighted by molar-refractivity contribution is 5.80. The predicted octanol–water partition coefficient (Wildman–Crippen LogP) is 1.31. The van der Waals surface area contributed by atoms with Gasteiger partial charge in [0.2, 0.25) is 5.91 Å². The lowest BCUT2D eigenvalue weighted by Gasteiger charge is -2.43. The van der Waals surface area contributed by atoms with Crippen LogP contribution in [0.15, 0.2) is 30.3 Å². The molecule has 1 amide bonds. The smallest absolute Gasteiger partial charge is 0.225 e. The van der Waals surface area contributed by atoms with Crippen molar-refractivity contribution in [2.45, 2.75) is 30.8 Å². The summed E-state index contributed by atoms with van der Waals surface area (Å²) in [6, 6.07) is 11.5. The monoisotopic (exact) mass is 343 g/mol. The molecule has 136 valence electrons. The van der Waals surface area contributed by atoms with Crippen molar-refractivity contribution in [2.24, 2.45) is 5.92 Å². The first-order chi connectivity index (χ1) is 12.3. The van der Waals surface area contributed by atoms with Crippen molar-refractivity contribution in [1.29, 1.82) is 0 Å². The topological polar surface area (TPSA) is 44.8 Å². The first-order valence-corrected chi connectivity index (χ1v) is 9.60. The molecular weight excluding hydrogens is 314 g/mol. The molecule has 3 saturated heterocycles. The van der Waals surface area contributed by atoms with E-state index in [1.807, 2.05) is 6.07 Å². The van der Waals surface area contributed by atoms with Crippen LogP contribution in [0.25, 0.3) is 0 Å². The maximum Gasteiger partial charge on any atom is 0.225 e. The van der Waals surface area contributed by atoms with E-state index in [1.54, 1.807) is 7.05 Å². The highest BCUT2D eigenvalue weighted by Gasteiger charge is 2.48. The minimum atomic E-state index is 0.0371. The van der Waals surface area contributed by atoms with Crippen molar-refractivity contribution in [3.8, 4) is 0 Å². The molecule has 3 aliphatic heterocycles. The van der Waals surface area contributed by atoms with Crippen LogP contribution in [0.3, 0.4) is 0 Å². The highest BCUT2D eigenvalue weighted by Crippen LogP contribution is 2.39. The van der Waals surface area contributed by atoms with Crippen molar-refractivity contribution in [3.05, 3.63) is 35.9 Å². The molecule has 0 unspecified atom stereocenters. The summed E-state index contributed by atoms with van der Waals surface area (Å²) in [4.78, 5) is 17.9. The average Bonchev–Trinajstić information content (AvgIpc) is 3.07. The number of carbonyl (C=O) groups excluding carboxylic acids is 1. The van der Waals surface area contributed by atoms with Crippen molar-refractivity contribution < 1.29 is 9.53 Å². The number of carbonyl (C=O) groups is 1. The van der Waals surface area contributed by atoms with Gasteiger partial charge in [0.25, 0.3) is 0 Å². The van der Waals surface area contributed by atoms with E-state index in [0.717, 1.165) is 52.2 Å².